The van der Waals surface area contributed by atoms with Gasteiger partial charge in [0.05, 0.1) is 5.69 Å². The number of aromatic nitrogens is 2. The summed E-state index contributed by atoms with van der Waals surface area (Å²) in [5.41, 5.74) is 2.73. The van der Waals surface area contributed by atoms with E-state index in [1.165, 1.54) is 11.3 Å². The molecule has 17 heavy (non-hydrogen) atoms. The van der Waals surface area contributed by atoms with E-state index in [-0.39, 0.29) is 5.54 Å². The summed E-state index contributed by atoms with van der Waals surface area (Å²) in [5.74, 6) is 0. The third kappa shape index (κ3) is 4.73. The Morgan fingerprint density at radius 3 is 2.76 bits per heavy atom. The average Bonchev–Trinajstić information content (AvgIpc) is 2.70. The van der Waals surface area contributed by atoms with E-state index >= 15 is 0 Å². The van der Waals surface area contributed by atoms with Crippen LogP contribution in [0.25, 0.3) is 5.57 Å². The summed E-state index contributed by atoms with van der Waals surface area (Å²) in [5, 5.41) is 7.77. The lowest BCUT2D eigenvalue weighted by atomic mass is 10.1. The molecule has 0 amide bonds. The van der Waals surface area contributed by atoms with E-state index in [0.717, 1.165) is 19.5 Å². The summed E-state index contributed by atoms with van der Waals surface area (Å²) in [4.78, 5) is 0. The molecule has 0 aromatic carbocycles. The molecule has 3 heteroatoms. The molecule has 0 saturated heterocycles. The number of rotatable bonds is 5. The number of hydrogen-bond donors (Lipinski definition) is 1. The maximum Gasteiger partial charge on any atom is 0.0635 e. The molecule has 1 rings (SSSR count). The van der Waals surface area contributed by atoms with E-state index in [4.69, 9.17) is 0 Å². The van der Waals surface area contributed by atoms with Crippen molar-refractivity contribution in [2.75, 3.05) is 6.54 Å². The van der Waals surface area contributed by atoms with Gasteiger partial charge in [0.25, 0.3) is 0 Å². The summed E-state index contributed by atoms with van der Waals surface area (Å²) in [6, 6.07) is 2.08. The molecule has 0 unspecified atom stereocenters. The zero-order valence-electron chi connectivity index (χ0n) is 11.7. The highest BCUT2D eigenvalue weighted by atomic mass is 15.3. The van der Waals surface area contributed by atoms with E-state index in [0.29, 0.717) is 0 Å². The molecular formula is C14H25N3. The first-order valence-electron chi connectivity index (χ1n) is 6.38. The predicted molar refractivity (Wildman–Crippen MR) is 73.9 cm³/mol. The van der Waals surface area contributed by atoms with Crippen molar-refractivity contribution in [3.63, 3.8) is 0 Å². The number of nitrogens with zero attached hydrogens (tertiary/aromatic N) is 2. The quantitative estimate of drug-likeness (QED) is 0.795. The van der Waals surface area contributed by atoms with Crippen LogP contribution in [0.2, 0.25) is 0 Å². The fraction of sp³-hybridized carbons (Fsp3) is 0.643. The van der Waals surface area contributed by atoms with Crippen LogP contribution in [0.3, 0.4) is 0 Å². The van der Waals surface area contributed by atoms with E-state index in [2.05, 4.69) is 57.2 Å². The lowest BCUT2D eigenvalue weighted by Crippen LogP contribution is -2.36. The van der Waals surface area contributed by atoms with Gasteiger partial charge in [0, 0.05) is 18.3 Å². The van der Waals surface area contributed by atoms with Crippen molar-refractivity contribution in [1.29, 1.82) is 0 Å². The highest BCUT2D eigenvalue weighted by Gasteiger charge is 2.07. The second-order valence-corrected chi connectivity index (χ2v) is 5.38. The highest BCUT2D eigenvalue weighted by Crippen LogP contribution is 2.13. The summed E-state index contributed by atoms with van der Waals surface area (Å²) < 4.78 is 2.03. The molecule has 96 valence electrons. The highest BCUT2D eigenvalue weighted by molar-refractivity contribution is 5.60. The van der Waals surface area contributed by atoms with Crippen molar-refractivity contribution < 1.29 is 0 Å². The number of hydrogen-bond acceptors (Lipinski definition) is 2. The van der Waals surface area contributed by atoms with E-state index in [1.54, 1.807) is 0 Å². The van der Waals surface area contributed by atoms with E-state index in [1.807, 2.05) is 10.9 Å². The Hall–Kier alpha value is -1.09. The van der Waals surface area contributed by atoms with Crippen molar-refractivity contribution >= 4 is 5.57 Å². The molecule has 0 spiro atoms. The van der Waals surface area contributed by atoms with Crippen LogP contribution in [0.15, 0.2) is 18.3 Å². The molecule has 0 fully saturated rings. The molecule has 1 heterocycles. The van der Waals surface area contributed by atoms with Gasteiger partial charge in [0.2, 0.25) is 0 Å². The van der Waals surface area contributed by atoms with Gasteiger partial charge >= 0.3 is 0 Å². The third-order valence-corrected chi connectivity index (χ3v) is 2.67. The van der Waals surface area contributed by atoms with Gasteiger partial charge in [0.1, 0.15) is 0 Å². The SMILES string of the molecule is CCn1nccc1C(C)=CCCNC(C)(C)C. The summed E-state index contributed by atoms with van der Waals surface area (Å²) in [6.45, 7) is 12.8. The molecule has 0 saturated carbocycles. The van der Waals surface area contributed by atoms with Gasteiger partial charge in [0.15, 0.2) is 0 Å². The van der Waals surface area contributed by atoms with Crippen LogP contribution in [0, 0.1) is 0 Å². The maximum absolute atomic E-state index is 4.28. The van der Waals surface area contributed by atoms with Crippen LogP contribution in [0.5, 0.6) is 0 Å². The molecule has 0 bridgehead atoms. The second kappa shape index (κ2) is 6.01. The number of nitrogens with one attached hydrogen (secondary N) is 1. The van der Waals surface area contributed by atoms with Gasteiger partial charge in [-0.2, -0.15) is 5.10 Å². The second-order valence-electron chi connectivity index (χ2n) is 5.38. The molecule has 0 aliphatic rings. The topological polar surface area (TPSA) is 29.9 Å². The van der Waals surface area contributed by atoms with E-state index < -0.39 is 0 Å². The predicted octanol–water partition coefficient (Wildman–Crippen LogP) is 3.08. The minimum Gasteiger partial charge on any atom is -0.312 e. The van der Waals surface area contributed by atoms with Gasteiger partial charge in [-0.1, -0.05) is 6.08 Å². The van der Waals surface area contributed by atoms with Gasteiger partial charge in [-0.05, 0) is 59.2 Å². The molecule has 1 aromatic heterocycles. The molecule has 0 aliphatic carbocycles. The fourth-order valence-electron chi connectivity index (χ4n) is 1.76. The standard InChI is InChI=1S/C14H25N3/c1-6-17-13(9-11-16-17)12(2)8-7-10-15-14(3,4)5/h8-9,11,15H,6-7,10H2,1-5H3. The monoisotopic (exact) mass is 235 g/mol. The molecular weight excluding hydrogens is 210 g/mol. The molecule has 1 N–H and O–H groups in total. The van der Waals surface area contributed by atoms with Crippen LogP contribution in [0.1, 0.15) is 46.7 Å². The first-order chi connectivity index (χ1) is 7.94. The van der Waals surface area contributed by atoms with Crippen LogP contribution < -0.4 is 5.32 Å². The Bertz CT molecular complexity index is 369. The van der Waals surface area contributed by atoms with Gasteiger partial charge in [-0.15, -0.1) is 0 Å². The van der Waals surface area contributed by atoms with Crippen LogP contribution in [0.4, 0.5) is 0 Å². The summed E-state index contributed by atoms with van der Waals surface area (Å²) in [6.07, 6.45) is 5.20. The fourth-order valence-corrected chi connectivity index (χ4v) is 1.76. The molecule has 0 atom stereocenters. The van der Waals surface area contributed by atoms with Crippen LogP contribution in [-0.2, 0) is 6.54 Å². The largest absolute Gasteiger partial charge is 0.312 e. The van der Waals surface area contributed by atoms with Crippen LogP contribution in [-0.4, -0.2) is 21.9 Å². The number of allylic oxidation sites excluding steroid dienone is 1. The summed E-state index contributed by atoms with van der Waals surface area (Å²) in [7, 11) is 0. The Kier molecular flexibility index (Phi) is 4.94. The normalized spacial score (nSPS) is 13.1. The van der Waals surface area contributed by atoms with Crippen molar-refractivity contribution in [2.24, 2.45) is 0 Å². The van der Waals surface area contributed by atoms with Crippen molar-refractivity contribution in [2.45, 2.75) is 53.1 Å². The van der Waals surface area contributed by atoms with Gasteiger partial charge < -0.3 is 5.32 Å². The third-order valence-electron chi connectivity index (χ3n) is 2.67. The van der Waals surface area contributed by atoms with Crippen molar-refractivity contribution in [3.8, 4) is 0 Å². The zero-order chi connectivity index (χ0) is 12.9. The maximum atomic E-state index is 4.28. The van der Waals surface area contributed by atoms with E-state index in [9.17, 15) is 0 Å². The minimum atomic E-state index is 0.201. The minimum absolute atomic E-state index is 0.201. The summed E-state index contributed by atoms with van der Waals surface area (Å²) >= 11 is 0. The first kappa shape index (κ1) is 14.0. The lowest BCUT2D eigenvalue weighted by molar-refractivity contribution is 0.431. The molecule has 0 radical (unpaired) electrons. The van der Waals surface area contributed by atoms with Gasteiger partial charge in [-0.25, -0.2) is 0 Å². The Labute approximate surface area is 105 Å². The molecule has 0 aliphatic heterocycles. The molecule has 1 aromatic rings. The van der Waals surface area contributed by atoms with Crippen molar-refractivity contribution in [1.82, 2.24) is 15.1 Å². The Balaban J connectivity index is 2.50. The lowest BCUT2D eigenvalue weighted by Gasteiger charge is -2.19. The van der Waals surface area contributed by atoms with Crippen molar-refractivity contribution in [3.05, 3.63) is 24.0 Å². The Morgan fingerprint density at radius 1 is 1.47 bits per heavy atom. The smallest absolute Gasteiger partial charge is 0.0635 e. The zero-order valence-corrected chi connectivity index (χ0v) is 11.7. The van der Waals surface area contributed by atoms with Gasteiger partial charge in [-0.3, -0.25) is 4.68 Å². The Morgan fingerprint density at radius 2 is 2.18 bits per heavy atom. The number of aryl methyl sites for hydroxylation is 1. The average molecular weight is 235 g/mol. The first-order valence-corrected chi connectivity index (χ1v) is 6.38. The van der Waals surface area contributed by atoms with Crippen LogP contribution >= 0.6 is 0 Å². The molecule has 3 nitrogen and oxygen atoms in total.